The van der Waals surface area contributed by atoms with Crippen LogP contribution in [0.5, 0.6) is 0 Å². The predicted octanol–water partition coefficient (Wildman–Crippen LogP) is -0.0604. The van der Waals surface area contributed by atoms with Crippen molar-refractivity contribution in [2.45, 2.75) is 12.5 Å². The number of carbonyl (C=O) groups excluding carboxylic acids is 1. The second-order valence-corrected chi connectivity index (χ2v) is 2.84. The first-order chi connectivity index (χ1) is 5.29. The van der Waals surface area contributed by atoms with Gasteiger partial charge in [-0.2, -0.15) is 0 Å². The molecule has 1 heterocycles. The summed E-state index contributed by atoms with van der Waals surface area (Å²) in [5.74, 6) is 0.130. The third kappa shape index (κ3) is 1.05. The minimum Gasteiger partial charge on any atom is -0.342 e. The van der Waals surface area contributed by atoms with Gasteiger partial charge >= 0.3 is 0 Å². The van der Waals surface area contributed by atoms with Crippen LogP contribution in [0.2, 0.25) is 0 Å². The molecule has 4 nitrogen and oxygen atoms in total. The third-order valence-electron chi connectivity index (χ3n) is 1.94. The van der Waals surface area contributed by atoms with E-state index in [-0.39, 0.29) is 17.7 Å². The Kier molecular flexibility index (Phi) is 1.29. The molecule has 1 saturated carbocycles. The maximum absolute atomic E-state index is 11.3. The molecule has 0 amide bonds. The molecule has 2 atom stereocenters. The summed E-state index contributed by atoms with van der Waals surface area (Å²) in [7, 11) is 0. The Bertz CT molecular complexity index is 267. The van der Waals surface area contributed by atoms with E-state index in [1.54, 1.807) is 0 Å². The predicted molar refractivity (Wildman–Crippen MR) is 39.0 cm³/mol. The first-order valence-corrected chi connectivity index (χ1v) is 3.57. The zero-order chi connectivity index (χ0) is 7.84. The molecular weight excluding hydrogens is 142 g/mol. The van der Waals surface area contributed by atoms with Crippen LogP contribution in [0.3, 0.4) is 0 Å². The van der Waals surface area contributed by atoms with Crippen molar-refractivity contribution in [1.29, 1.82) is 0 Å². The average Bonchev–Trinajstić information content (AvgIpc) is 2.56. The molecule has 11 heavy (non-hydrogen) atoms. The molecule has 2 rings (SSSR count). The number of imidazole rings is 1. The highest BCUT2D eigenvalue weighted by Gasteiger charge is 2.40. The second-order valence-electron chi connectivity index (χ2n) is 2.84. The number of carbonyl (C=O) groups is 1. The monoisotopic (exact) mass is 151 g/mol. The van der Waals surface area contributed by atoms with Crippen LogP contribution in [0.4, 0.5) is 0 Å². The van der Waals surface area contributed by atoms with Gasteiger partial charge in [0.1, 0.15) is 5.69 Å². The highest BCUT2D eigenvalue weighted by Crippen LogP contribution is 2.30. The van der Waals surface area contributed by atoms with Gasteiger partial charge in [-0.1, -0.05) is 0 Å². The molecule has 0 aliphatic heterocycles. The molecule has 1 aromatic heterocycles. The van der Waals surface area contributed by atoms with Gasteiger partial charge in [-0.25, -0.2) is 4.98 Å². The van der Waals surface area contributed by atoms with Crippen molar-refractivity contribution in [1.82, 2.24) is 9.97 Å². The first-order valence-electron chi connectivity index (χ1n) is 3.57. The number of nitrogens with zero attached hydrogens (tertiary/aromatic N) is 1. The molecule has 0 radical (unpaired) electrons. The Morgan fingerprint density at radius 2 is 2.55 bits per heavy atom. The first kappa shape index (κ1) is 6.54. The summed E-state index contributed by atoms with van der Waals surface area (Å²) >= 11 is 0. The Morgan fingerprint density at radius 3 is 3.00 bits per heavy atom. The number of hydrogen-bond donors (Lipinski definition) is 2. The molecule has 0 saturated heterocycles. The molecule has 1 fully saturated rings. The fourth-order valence-electron chi connectivity index (χ4n) is 1.11. The van der Waals surface area contributed by atoms with Crippen LogP contribution in [0.15, 0.2) is 12.5 Å². The lowest BCUT2D eigenvalue weighted by Gasteiger charge is -1.91. The van der Waals surface area contributed by atoms with E-state index in [4.69, 9.17) is 5.73 Å². The van der Waals surface area contributed by atoms with Gasteiger partial charge in [-0.3, -0.25) is 4.79 Å². The van der Waals surface area contributed by atoms with E-state index in [0.29, 0.717) is 5.69 Å². The molecule has 4 heteroatoms. The molecule has 1 unspecified atom stereocenters. The SMILES string of the molecule is NC1C[C@H]1C(=O)c1cnc[nH]1. The van der Waals surface area contributed by atoms with Gasteiger partial charge in [0.2, 0.25) is 0 Å². The van der Waals surface area contributed by atoms with Crippen molar-refractivity contribution >= 4 is 5.78 Å². The summed E-state index contributed by atoms with van der Waals surface area (Å²) in [6.45, 7) is 0. The lowest BCUT2D eigenvalue weighted by atomic mass is 10.2. The van der Waals surface area contributed by atoms with E-state index in [2.05, 4.69) is 9.97 Å². The summed E-state index contributed by atoms with van der Waals surface area (Å²) in [5.41, 5.74) is 6.09. The second kappa shape index (κ2) is 2.17. The van der Waals surface area contributed by atoms with E-state index >= 15 is 0 Å². The summed E-state index contributed by atoms with van der Waals surface area (Å²) in [6, 6.07) is 0.0748. The third-order valence-corrected chi connectivity index (χ3v) is 1.94. The van der Waals surface area contributed by atoms with E-state index in [9.17, 15) is 4.79 Å². The van der Waals surface area contributed by atoms with Crippen LogP contribution in [0, 0.1) is 5.92 Å². The molecule has 1 aromatic rings. The van der Waals surface area contributed by atoms with Gasteiger partial charge in [0.25, 0.3) is 0 Å². The topological polar surface area (TPSA) is 71.8 Å². The summed E-state index contributed by atoms with van der Waals surface area (Å²) < 4.78 is 0. The minimum absolute atomic E-state index is 0.0375. The van der Waals surface area contributed by atoms with Gasteiger partial charge in [0.15, 0.2) is 5.78 Å². The van der Waals surface area contributed by atoms with E-state index in [1.807, 2.05) is 0 Å². The molecule has 58 valence electrons. The Morgan fingerprint density at radius 1 is 1.82 bits per heavy atom. The Labute approximate surface area is 63.8 Å². The fraction of sp³-hybridized carbons (Fsp3) is 0.429. The lowest BCUT2D eigenvalue weighted by Crippen LogP contribution is -2.10. The molecule has 3 N–H and O–H groups in total. The minimum atomic E-state index is 0.0375. The van der Waals surface area contributed by atoms with Crippen LogP contribution < -0.4 is 5.73 Å². The molecule has 0 spiro atoms. The van der Waals surface area contributed by atoms with Gasteiger partial charge in [-0.15, -0.1) is 0 Å². The average molecular weight is 151 g/mol. The van der Waals surface area contributed by atoms with Crippen molar-refractivity contribution in [2.24, 2.45) is 11.7 Å². The smallest absolute Gasteiger partial charge is 0.185 e. The Balaban J connectivity index is 2.13. The van der Waals surface area contributed by atoms with Gasteiger partial charge in [0, 0.05) is 12.0 Å². The quantitative estimate of drug-likeness (QED) is 0.581. The van der Waals surface area contributed by atoms with Crippen molar-refractivity contribution < 1.29 is 4.79 Å². The van der Waals surface area contributed by atoms with E-state index in [0.717, 1.165) is 6.42 Å². The van der Waals surface area contributed by atoms with Crippen LogP contribution in [-0.2, 0) is 0 Å². The maximum Gasteiger partial charge on any atom is 0.185 e. The number of hydrogen-bond acceptors (Lipinski definition) is 3. The number of aromatic amines is 1. The standard InChI is InChI=1S/C7H9N3O/c8-5-1-4(5)7(11)6-2-9-3-10-6/h2-5H,1,8H2,(H,9,10)/t4-,5?/m1/s1. The van der Waals surface area contributed by atoms with Crippen LogP contribution in [-0.4, -0.2) is 21.8 Å². The summed E-state index contributed by atoms with van der Waals surface area (Å²) in [4.78, 5) is 17.9. The van der Waals surface area contributed by atoms with Crippen LogP contribution >= 0.6 is 0 Å². The number of ketones is 1. The van der Waals surface area contributed by atoms with Crippen LogP contribution in [0.1, 0.15) is 16.9 Å². The normalized spacial score (nSPS) is 28.5. The fourth-order valence-corrected chi connectivity index (χ4v) is 1.11. The largest absolute Gasteiger partial charge is 0.342 e. The van der Waals surface area contributed by atoms with E-state index in [1.165, 1.54) is 12.5 Å². The number of rotatable bonds is 2. The number of nitrogens with two attached hydrogens (primary N) is 1. The summed E-state index contributed by atoms with van der Waals surface area (Å²) in [5, 5.41) is 0. The Hall–Kier alpha value is -1.16. The molecule has 0 bridgehead atoms. The number of aromatic nitrogens is 2. The molecular formula is C7H9N3O. The highest BCUT2D eigenvalue weighted by molar-refractivity contribution is 5.98. The van der Waals surface area contributed by atoms with Crippen molar-refractivity contribution in [3.8, 4) is 0 Å². The van der Waals surface area contributed by atoms with Crippen molar-refractivity contribution in [3.05, 3.63) is 18.2 Å². The van der Waals surface area contributed by atoms with Gasteiger partial charge in [0.05, 0.1) is 12.5 Å². The molecule has 1 aliphatic rings. The zero-order valence-corrected chi connectivity index (χ0v) is 5.95. The van der Waals surface area contributed by atoms with Gasteiger partial charge in [-0.05, 0) is 6.42 Å². The summed E-state index contributed by atoms with van der Waals surface area (Å²) in [6.07, 6.45) is 3.85. The molecule has 0 aromatic carbocycles. The van der Waals surface area contributed by atoms with Crippen molar-refractivity contribution in [3.63, 3.8) is 0 Å². The number of Topliss-reactive ketones (excluding diaryl/α,β-unsaturated/α-hetero) is 1. The number of nitrogens with one attached hydrogen (secondary N) is 1. The lowest BCUT2D eigenvalue weighted by molar-refractivity contribution is 0.0961. The zero-order valence-electron chi connectivity index (χ0n) is 5.95. The maximum atomic E-state index is 11.3. The molecule has 1 aliphatic carbocycles. The van der Waals surface area contributed by atoms with E-state index < -0.39 is 0 Å². The number of H-pyrrole nitrogens is 1. The highest BCUT2D eigenvalue weighted by atomic mass is 16.1. The van der Waals surface area contributed by atoms with Crippen LogP contribution in [0.25, 0.3) is 0 Å². The van der Waals surface area contributed by atoms with Crippen molar-refractivity contribution in [2.75, 3.05) is 0 Å². The van der Waals surface area contributed by atoms with Gasteiger partial charge < -0.3 is 10.7 Å².